The molecule has 1 unspecified atom stereocenters. The number of nitrogens with zero attached hydrogens (tertiary/aromatic N) is 3. The number of aromatic nitrogens is 4. The monoisotopic (exact) mass is 863 g/mol. The number of alkyl halides is 6. The molecule has 0 spiro atoms. The SMILES string of the molecule is CCCCOC(C)c1c(C)c2cc3nc(c4c5[nH]c(cc6nc(cc1[nH]2)C(C)=C6CC)c(C)c5C(=O)N(Cc1cc(C(F)(F)F)cc(C(F)(F)F)c1)C4=O)[C@@H](CCC(=O)O)[C@@H]3C. The summed E-state index contributed by atoms with van der Waals surface area (Å²) in [5.74, 6) is -4.25. The minimum atomic E-state index is -5.17. The Bertz CT molecular complexity index is 2680. The first-order valence-electron chi connectivity index (χ1n) is 20.6. The van der Waals surface area contributed by atoms with Gasteiger partial charge in [-0.1, -0.05) is 27.2 Å². The van der Waals surface area contributed by atoms with E-state index in [1.54, 1.807) is 13.0 Å². The highest BCUT2D eigenvalue weighted by atomic mass is 19.4. The topological polar surface area (TPSA) is 141 Å². The van der Waals surface area contributed by atoms with Gasteiger partial charge in [-0.3, -0.25) is 24.3 Å². The number of fused-ring (bicyclic) bond motifs is 8. The molecule has 16 heteroatoms. The number of hydrogen-bond donors (Lipinski definition) is 3. The number of imide groups is 1. The maximum atomic E-state index is 14.9. The van der Waals surface area contributed by atoms with Crippen LogP contribution in [0.15, 0.2) is 36.4 Å². The standard InChI is InChI=1S/C46H47F6N5O5/c1-8-10-13-62-25(7)38-23(5)33-17-32-22(4)30(11-12-37(58)59)41(55-32)40-42-39(24(6)34(56-42)18-35-29(9-2)21(3)31(53-35)19-36(38)54-33)43(60)57(44(40)61)20-26-14-27(45(47,48)49)16-28(15-26)46(50,51)52/h14-19,22,25,30,54,56H,8-13,20H2,1-7H3,(H,58,59)/t22-,25?,30-/m0/s1. The molecule has 8 bridgehead atoms. The van der Waals surface area contributed by atoms with Crippen molar-refractivity contribution in [3.8, 4) is 0 Å². The van der Waals surface area contributed by atoms with Gasteiger partial charge in [-0.25, -0.2) is 4.98 Å². The number of halogens is 6. The van der Waals surface area contributed by atoms with Crippen molar-refractivity contribution in [3.63, 3.8) is 0 Å². The second-order valence-electron chi connectivity index (χ2n) is 16.3. The average molecular weight is 864 g/mol. The Kier molecular flexibility index (Phi) is 11.8. The quantitative estimate of drug-likeness (QED) is 0.0774. The molecule has 3 atom stereocenters. The molecule has 0 fully saturated rings. The highest BCUT2D eigenvalue weighted by Crippen LogP contribution is 2.45. The van der Waals surface area contributed by atoms with E-state index in [9.17, 15) is 45.8 Å². The van der Waals surface area contributed by atoms with Gasteiger partial charge in [0.1, 0.15) is 0 Å². The summed E-state index contributed by atoms with van der Waals surface area (Å²) in [5.41, 5.74) is 3.81. The molecule has 0 saturated carbocycles. The van der Waals surface area contributed by atoms with Gasteiger partial charge in [-0.05, 0) is 111 Å². The van der Waals surface area contributed by atoms with Gasteiger partial charge in [-0.15, -0.1) is 0 Å². The Balaban J connectivity index is 1.57. The fraction of sp³-hybridized carbons (Fsp3) is 0.413. The van der Waals surface area contributed by atoms with Crippen LogP contribution in [0.1, 0.15) is 162 Å². The fourth-order valence-electron chi connectivity index (χ4n) is 8.87. The summed E-state index contributed by atoms with van der Waals surface area (Å²) in [4.78, 5) is 59.0. The van der Waals surface area contributed by atoms with Crippen molar-refractivity contribution in [2.75, 3.05) is 6.61 Å². The number of carboxylic acid groups (broad SMARTS) is 1. The number of rotatable bonds is 11. The van der Waals surface area contributed by atoms with Crippen LogP contribution < -0.4 is 0 Å². The zero-order valence-electron chi connectivity index (χ0n) is 35.3. The molecule has 3 aliphatic rings. The van der Waals surface area contributed by atoms with E-state index in [1.165, 1.54) is 0 Å². The molecule has 3 aliphatic heterocycles. The summed E-state index contributed by atoms with van der Waals surface area (Å²) in [6, 6.07) is 6.51. The number of carbonyl (C=O) groups excluding carboxylic acids is 2. The summed E-state index contributed by atoms with van der Waals surface area (Å²) in [6.07, 6.45) is -8.55. The zero-order chi connectivity index (χ0) is 45.2. The molecule has 4 aromatic rings. The van der Waals surface area contributed by atoms with Crippen LogP contribution in [0.5, 0.6) is 0 Å². The third kappa shape index (κ3) is 8.04. The summed E-state index contributed by atoms with van der Waals surface area (Å²) in [7, 11) is 0. The fourth-order valence-corrected chi connectivity index (χ4v) is 8.87. The molecule has 10 nitrogen and oxygen atoms in total. The number of H-pyrrole nitrogens is 2. The van der Waals surface area contributed by atoms with Gasteiger partial charge >= 0.3 is 18.3 Å². The van der Waals surface area contributed by atoms with Gasteiger partial charge in [0.2, 0.25) is 0 Å². The third-order valence-corrected chi connectivity index (χ3v) is 12.3. The Morgan fingerprint density at radius 3 is 2.10 bits per heavy atom. The Morgan fingerprint density at radius 2 is 1.48 bits per heavy atom. The van der Waals surface area contributed by atoms with Crippen LogP contribution >= 0.6 is 0 Å². The van der Waals surface area contributed by atoms with E-state index >= 15 is 0 Å². The number of aromatic amines is 2. The molecule has 62 heavy (non-hydrogen) atoms. The van der Waals surface area contributed by atoms with Crippen molar-refractivity contribution in [2.45, 2.75) is 117 Å². The lowest BCUT2D eigenvalue weighted by Gasteiger charge is -2.27. The maximum absolute atomic E-state index is 14.9. The first-order valence-corrected chi connectivity index (χ1v) is 20.6. The normalized spacial score (nSPS) is 17.3. The van der Waals surface area contributed by atoms with Gasteiger partial charge in [0.25, 0.3) is 11.8 Å². The van der Waals surface area contributed by atoms with Crippen LogP contribution in [0.3, 0.4) is 0 Å². The number of carboxylic acids is 1. The van der Waals surface area contributed by atoms with E-state index in [0.717, 1.165) is 40.6 Å². The van der Waals surface area contributed by atoms with Gasteiger partial charge < -0.3 is 19.8 Å². The van der Waals surface area contributed by atoms with Crippen LogP contribution in [0.2, 0.25) is 0 Å². The van der Waals surface area contributed by atoms with Crippen LogP contribution in [0.25, 0.3) is 33.2 Å². The largest absolute Gasteiger partial charge is 0.481 e. The van der Waals surface area contributed by atoms with Crippen molar-refractivity contribution in [3.05, 3.63) is 104 Å². The van der Waals surface area contributed by atoms with Gasteiger partial charge in [0.15, 0.2) is 0 Å². The molecule has 6 heterocycles. The number of allylic oxidation sites excluding steroid dienone is 2. The van der Waals surface area contributed by atoms with E-state index in [4.69, 9.17) is 14.7 Å². The molecule has 1 aromatic carbocycles. The highest BCUT2D eigenvalue weighted by molar-refractivity contribution is 6.23. The summed E-state index contributed by atoms with van der Waals surface area (Å²) in [6.45, 7) is 13.0. The van der Waals surface area contributed by atoms with Crippen LogP contribution in [-0.2, 0) is 28.4 Å². The second kappa shape index (κ2) is 16.5. The zero-order valence-corrected chi connectivity index (χ0v) is 35.3. The van der Waals surface area contributed by atoms with Crippen LogP contribution in [0.4, 0.5) is 26.3 Å². The summed E-state index contributed by atoms with van der Waals surface area (Å²) < 4.78 is 90.2. The van der Waals surface area contributed by atoms with Gasteiger partial charge in [0.05, 0.1) is 57.5 Å². The van der Waals surface area contributed by atoms with Crippen molar-refractivity contribution < 1.29 is 50.6 Å². The van der Waals surface area contributed by atoms with Crippen molar-refractivity contribution in [1.29, 1.82) is 0 Å². The lowest BCUT2D eigenvalue weighted by molar-refractivity contribution is -0.143. The molecular formula is C46H47F6N5O5. The Labute approximate surface area is 353 Å². The average Bonchev–Trinajstić information content (AvgIpc) is 3.88. The molecule has 328 valence electrons. The number of unbranched alkanes of at least 4 members (excludes halogenated alkanes) is 1. The van der Waals surface area contributed by atoms with Crippen LogP contribution in [0, 0.1) is 13.8 Å². The molecule has 7 rings (SSSR count). The molecular weight excluding hydrogens is 817 g/mol. The molecule has 0 aliphatic carbocycles. The molecule has 3 N–H and O–H groups in total. The lowest BCUT2D eigenvalue weighted by Crippen LogP contribution is -2.40. The lowest BCUT2D eigenvalue weighted by atomic mass is 9.84. The van der Waals surface area contributed by atoms with E-state index < -0.39 is 65.2 Å². The molecule has 2 amide bonds. The number of benzene rings is 1. The minimum Gasteiger partial charge on any atom is -0.481 e. The van der Waals surface area contributed by atoms with Crippen molar-refractivity contribution in [1.82, 2.24) is 24.8 Å². The number of amides is 2. The first-order chi connectivity index (χ1) is 29.1. The molecule has 0 saturated heterocycles. The van der Waals surface area contributed by atoms with E-state index in [2.05, 4.69) is 16.9 Å². The number of nitrogens with one attached hydrogen (secondary N) is 2. The minimum absolute atomic E-state index is 0.0172. The van der Waals surface area contributed by atoms with Gasteiger partial charge in [-0.2, -0.15) is 26.3 Å². The van der Waals surface area contributed by atoms with E-state index in [-0.39, 0.29) is 47.3 Å². The molecule has 0 radical (unpaired) electrons. The predicted molar refractivity (Wildman–Crippen MR) is 221 cm³/mol. The number of carbonyl (C=O) groups is 3. The maximum Gasteiger partial charge on any atom is 0.416 e. The van der Waals surface area contributed by atoms with Crippen LogP contribution in [-0.4, -0.2) is 54.3 Å². The summed E-state index contributed by atoms with van der Waals surface area (Å²) >= 11 is 0. The third-order valence-electron chi connectivity index (χ3n) is 12.3. The molecule has 3 aromatic heterocycles. The second-order valence-corrected chi connectivity index (χ2v) is 16.3. The highest BCUT2D eigenvalue weighted by Gasteiger charge is 2.42. The number of aliphatic carboxylic acids is 1. The van der Waals surface area contributed by atoms with E-state index in [1.807, 2.05) is 46.8 Å². The van der Waals surface area contributed by atoms with Crippen molar-refractivity contribution in [2.24, 2.45) is 0 Å². The van der Waals surface area contributed by atoms with Gasteiger partial charge in [0, 0.05) is 52.7 Å². The first kappa shape index (κ1) is 44.3. The Hall–Kier alpha value is -5.77. The Morgan fingerprint density at radius 1 is 0.855 bits per heavy atom. The smallest absolute Gasteiger partial charge is 0.416 e. The number of ether oxygens (including phenoxy) is 1. The number of aryl methyl sites for hydroxylation is 2. The summed E-state index contributed by atoms with van der Waals surface area (Å²) in [5, 5.41) is 9.82. The predicted octanol–water partition coefficient (Wildman–Crippen LogP) is 11.7. The van der Waals surface area contributed by atoms with E-state index in [0.29, 0.717) is 63.7 Å². The number of hydrogen-bond acceptors (Lipinski definition) is 6. The van der Waals surface area contributed by atoms with Crippen molar-refractivity contribution >= 4 is 51.0 Å².